The fourth-order valence-electron chi connectivity index (χ4n) is 5.55. The van der Waals surface area contributed by atoms with Crippen LogP contribution in [0.2, 0.25) is 5.02 Å². The molecule has 4 N–H and O–H groups in total. The monoisotopic (exact) mass is 499 g/mol. The molecule has 0 bridgehead atoms. The second-order valence-electron chi connectivity index (χ2n) is 9.22. The zero-order valence-electron chi connectivity index (χ0n) is 18.8. The Labute approximate surface area is 204 Å². The zero-order chi connectivity index (χ0) is 24.5. The van der Waals surface area contributed by atoms with Gasteiger partial charge in [-0.2, -0.15) is 0 Å². The average Bonchev–Trinajstić information content (AvgIpc) is 3.20. The number of ether oxygens (including phenoxy) is 1. The molecule has 2 aliphatic heterocycles. The molecule has 6 rings (SSSR count). The SMILES string of the molecule is CC1COC2=C3[C@@H](CCC2)Cn2c(nc4nc(C(N)=NC(O)O)nc(-c5cncc(Cl)c5)c42)C31F. The van der Waals surface area contributed by atoms with Crippen LogP contribution in [-0.4, -0.2) is 53.6 Å². The Morgan fingerprint density at radius 3 is 2.94 bits per heavy atom. The zero-order valence-corrected chi connectivity index (χ0v) is 19.6. The second kappa shape index (κ2) is 7.94. The molecule has 1 aliphatic carbocycles. The van der Waals surface area contributed by atoms with Gasteiger partial charge in [0.1, 0.15) is 11.2 Å². The lowest BCUT2D eigenvalue weighted by Gasteiger charge is -2.47. The largest absolute Gasteiger partial charge is 0.497 e. The predicted octanol–water partition coefficient (Wildman–Crippen LogP) is 2.41. The van der Waals surface area contributed by atoms with E-state index < -0.39 is 18.0 Å². The average molecular weight is 500 g/mol. The summed E-state index contributed by atoms with van der Waals surface area (Å²) in [6.07, 6.45) is 3.55. The van der Waals surface area contributed by atoms with Crippen molar-refractivity contribution in [1.82, 2.24) is 24.5 Å². The van der Waals surface area contributed by atoms with Crippen LogP contribution < -0.4 is 5.73 Å². The summed E-state index contributed by atoms with van der Waals surface area (Å²) in [6, 6.07) is 1.68. The van der Waals surface area contributed by atoms with Gasteiger partial charge >= 0.3 is 0 Å². The highest BCUT2D eigenvalue weighted by atomic mass is 35.5. The number of rotatable bonds is 3. The molecule has 0 aromatic carbocycles. The van der Waals surface area contributed by atoms with E-state index in [1.165, 1.54) is 6.20 Å². The molecule has 0 amide bonds. The maximum absolute atomic E-state index is 17.2. The highest BCUT2D eigenvalue weighted by molar-refractivity contribution is 6.30. The maximum Gasteiger partial charge on any atom is 0.255 e. The summed E-state index contributed by atoms with van der Waals surface area (Å²) in [6.45, 7) is 2.60. The fourth-order valence-corrected chi connectivity index (χ4v) is 5.72. The summed E-state index contributed by atoms with van der Waals surface area (Å²) in [7, 11) is 0. The van der Waals surface area contributed by atoms with Gasteiger partial charge < -0.3 is 25.3 Å². The minimum atomic E-state index is -2.04. The summed E-state index contributed by atoms with van der Waals surface area (Å²) in [4.78, 5) is 21.4. The molecular formula is C23H23ClFN7O3. The van der Waals surface area contributed by atoms with Crippen molar-refractivity contribution in [2.75, 3.05) is 6.61 Å². The van der Waals surface area contributed by atoms with E-state index in [4.69, 9.17) is 22.1 Å². The predicted molar refractivity (Wildman–Crippen MR) is 125 cm³/mol. The first-order chi connectivity index (χ1) is 16.8. The molecule has 3 aliphatic rings. The minimum absolute atomic E-state index is 0.0300. The topological polar surface area (TPSA) is 145 Å². The molecule has 3 atom stereocenters. The number of hydrogen-bond acceptors (Lipinski definition) is 8. The van der Waals surface area contributed by atoms with Crippen LogP contribution in [0.1, 0.15) is 37.8 Å². The van der Waals surface area contributed by atoms with Crippen LogP contribution in [0.3, 0.4) is 0 Å². The lowest BCUT2D eigenvalue weighted by molar-refractivity contribution is -0.0310. The minimum Gasteiger partial charge on any atom is -0.497 e. The van der Waals surface area contributed by atoms with Gasteiger partial charge in [0.15, 0.2) is 28.8 Å². The Morgan fingerprint density at radius 2 is 2.17 bits per heavy atom. The molecule has 182 valence electrons. The Bertz CT molecular complexity index is 1420. The molecular weight excluding hydrogens is 477 g/mol. The molecule has 12 heteroatoms. The number of pyridine rings is 1. The van der Waals surface area contributed by atoms with E-state index in [0.717, 1.165) is 25.0 Å². The summed E-state index contributed by atoms with van der Waals surface area (Å²) < 4.78 is 25.0. The third-order valence-corrected chi connectivity index (χ3v) is 7.24. The normalized spacial score (nSPS) is 26.1. The summed E-state index contributed by atoms with van der Waals surface area (Å²) in [5.74, 6) is 0.169. The molecule has 0 radical (unpaired) electrons. The first kappa shape index (κ1) is 22.3. The number of aliphatic hydroxyl groups is 2. The molecule has 0 fully saturated rings. The van der Waals surface area contributed by atoms with E-state index in [-0.39, 0.29) is 35.7 Å². The number of aromatic nitrogens is 5. The number of amidine groups is 1. The second-order valence-corrected chi connectivity index (χ2v) is 9.65. The Kier molecular flexibility index (Phi) is 5.06. The van der Waals surface area contributed by atoms with Crippen molar-refractivity contribution in [1.29, 1.82) is 0 Å². The van der Waals surface area contributed by atoms with Gasteiger partial charge in [-0.25, -0.2) is 24.3 Å². The summed E-state index contributed by atoms with van der Waals surface area (Å²) in [5.41, 5.74) is 6.56. The van der Waals surface area contributed by atoms with Crippen LogP contribution in [0.5, 0.6) is 0 Å². The number of fused-ring (bicyclic) bond motifs is 4. The number of aliphatic hydroxyl groups excluding tert-OH is 1. The van der Waals surface area contributed by atoms with Crippen molar-refractivity contribution in [2.24, 2.45) is 22.6 Å². The van der Waals surface area contributed by atoms with E-state index in [1.54, 1.807) is 12.3 Å². The van der Waals surface area contributed by atoms with E-state index in [1.807, 2.05) is 11.5 Å². The Hall–Kier alpha value is -3.15. The third-order valence-electron chi connectivity index (χ3n) is 7.04. The smallest absolute Gasteiger partial charge is 0.255 e. The van der Waals surface area contributed by atoms with Crippen molar-refractivity contribution in [2.45, 2.75) is 44.8 Å². The fraction of sp³-hybridized carbons (Fsp3) is 0.435. The maximum atomic E-state index is 17.2. The van der Waals surface area contributed by atoms with Crippen molar-refractivity contribution in [3.8, 4) is 11.3 Å². The van der Waals surface area contributed by atoms with E-state index in [0.29, 0.717) is 33.9 Å². The number of nitrogens with two attached hydrogens (primary N) is 1. The van der Waals surface area contributed by atoms with Gasteiger partial charge in [0, 0.05) is 48.3 Å². The third kappa shape index (κ3) is 3.33. The highest BCUT2D eigenvalue weighted by Gasteiger charge is 2.56. The van der Waals surface area contributed by atoms with E-state index in [2.05, 4.69) is 24.9 Å². The number of hydrogen-bond donors (Lipinski definition) is 3. The van der Waals surface area contributed by atoms with Crippen molar-refractivity contribution >= 4 is 28.6 Å². The number of imidazole rings is 1. The van der Waals surface area contributed by atoms with E-state index in [9.17, 15) is 10.2 Å². The van der Waals surface area contributed by atoms with Crippen molar-refractivity contribution in [3.05, 3.63) is 46.5 Å². The van der Waals surface area contributed by atoms with Crippen molar-refractivity contribution in [3.63, 3.8) is 0 Å². The van der Waals surface area contributed by atoms with E-state index >= 15 is 4.39 Å². The Balaban J connectivity index is 1.67. The quantitative estimate of drug-likeness (QED) is 0.283. The lowest BCUT2D eigenvalue weighted by Crippen LogP contribution is -2.48. The van der Waals surface area contributed by atoms with Crippen LogP contribution in [-0.2, 0) is 17.0 Å². The van der Waals surface area contributed by atoms with Gasteiger partial charge in [-0.1, -0.05) is 18.5 Å². The van der Waals surface area contributed by atoms with Crippen LogP contribution >= 0.6 is 11.6 Å². The van der Waals surface area contributed by atoms with Gasteiger partial charge in [0.2, 0.25) is 0 Å². The number of allylic oxidation sites excluding steroid dienone is 2. The van der Waals surface area contributed by atoms with Gasteiger partial charge in [-0.3, -0.25) is 4.98 Å². The number of halogens is 2. The molecule has 35 heavy (non-hydrogen) atoms. The molecule has 5 heterocycles. The first-order valence-electron chi connectivity index (χ1n) is 11.4. The van der Waals surface area contributed by atoms with Crippen LogP contribution in [0.4, 0.5) is 4.39 Å². The number of nitrogens with zero attached hydrogens (tertiary/aromatic N) is 6. The first-order valence-corrected chi connectivity index (χ1v) is 11.8. The standard InChI is InChI=1S/C23H23ClFN7O3/c1-10-9-35-14-4-2-3-11-8-32-17-16(12-5-13(24)7-27-6-12)28-20(18(26)29-22(33)34)30-19(17)31-21(32)23(10,25)15(11)14/h5-7,10-11,22,33-34H,2-4,8-9H2,1H3,(H2,26,29)/t10?,11-,23?/m0/s1. The summed E-state index contributed by atoms with van der Waals surface area (Å²) >= 11 is 6.21. The van der Waals surface area contributed by atoms with Crippen LogP contribution in [0.15, 0.2) is 34.8 Å². The van der Waals surface area contributed by atoms with Crippen LogP contribution in [0.25, 0.3) is 22.4 Å². The Morgan fingerprint density at radius 1 is 1.34 bits per heavy atom. The number of alkyl halides is 1. The molecule has 2 unspecified atom stereocenters. The van der Waals surface area contributed by atoms with Gasteiger partial charge in [-0.05, 0) is 18.9 Å². The molecule has 0 spiro atoms. The number of aliphatic imine (C=N–C) groups is 1. The molecule has 3 aromatic rings. The molecule has 0 saturated carbocycles. The van der Waals surface area contributed by atoms with Gasteiger partial charge in [0.05, 0.1) is 17.4 Å². The molecule has 0 saturated heterocycles. The molecule has 3 aromatic heterocycles. The summed E-state index contributed by atoms with van der Waals surface area (Å²) in [5, 5.41) is 18.9. The van der Waals surface area contributed by atoms with Gasteiger partial charge in [0.25, 0.3) is 6.41 Å². The molecule has 10 nitrogen and oxygen atoms in total. The van der Waals surface area contributed by atoms with Crippen molar-refractivity contribution < 1.29 is 19.3 Å². The highest BCUT2D eigenvalue weighted by Crippen LogP contribution is 2.55. The van der Waals surface area contributed by atoms with Gasteiger partial charge in [-0.15, -0.1) is 0 Å². The van der Waals surface area contributed by atoms with Crippen LogP contribution in [0, 0.1) is 11.8 Å². The lowest BCUT2D eigenvalue weighted by atomic mass is 9.69.